The summed E-state index contributed by atoms with van der Waals surface area (Å²) in [4.78, 5) is 28.3. The Bertz CT molecular complexity index is 760. The molecule has 2 heterocycles. The van der Waals surface area contributed by atoms with E-state index in [4.69, 9.17) is 5.73 Å². The highest BCUT2D eigenvalue weighted by Crippen LogP contribution is 2.35. The number of rotatable bonds is 3. The topological polar surface area (TPSA) is 92.7 Å². The molecule has 3 atom stereocenters. The molecular formula is C21H33ClN4O3. The molecule has 0 radical (unpaired) electrons. The van der Waals surface area contributed by atoms with E-state index >= 15 is 0 Å². The SMILES string of the molecule is CC1CC(C)CN(c2ccc(C(=O)N3CCC(N)C(C)(C)C3)cc2[N+](=O)[O-])C1.Cl. The first-order valence-electron chi connectivity index (χ1n) is 10.2. The lowest BCUT2D eigenvalue weighted by atomic mass is 9.79. The number of nitrogens with two attached hydrogens (primary N) is 1. The van der Waals surface area contributed by atoms with Crippen molar-refractivity contribution < 1.29 is 9.72 Å². The molecule has 1 aromatic rings. The molecule has 0 bridgehead atoms. The zero-order chi connectivity index (χ0) is 20.6. The minimum atomic E-state index is -0.369. The van der Waals surface area contributed by atoms with Crippen LogP contribution in [0.2, 0.25) is 0 Å². The fourth-order valence-corrected chi connectivity index (χ4v) is 4.66. The monoisotopic (exact) mass is 424 g/mol. The summed E-state index contributed by atoms with van der Waals surface area (Å²) in [5.74, 6) is 0.823. The van der Waals surface area contributed by atoms with Crippen molar-refractivity contribution in [2.75, 3.05) is 31.1 Å². The molecule has 2 aliphatic rings. The number of hydrogen-bond acceptors (Lipinski definition) is 5. The van der Waals surface area contributed by atoms with Gasteiger partial charge >= 0.3 is 0 Å². The van der Waals surface area contributed by atoms with E-state index in [1.807, 2.05) is 0 Å². The van der Waals surface area contributed by atoms with Gasteiger partial charge in [0.1, 0.15) is 5.69 Å². The average molecular weight is 425 g/mol. The lowest BCUT2D eigenvalue weighted by molar-refractivity contribution is -0.384. The Morgan fingerprint density at radius 2 is 1.86 bits per heavy atom. The summed E-state index contributed by atoms with van der Waals surface area (Å²) in [5, 5.41) is 11.8. The molecule has 3 rings (SSSR count). The van der Waals surface area contributed by atoms with Gasteiger partial charge in [-0.3, -0.25) is 14.9 Å². The van der Waals surface area contributed by atoms with Crippen LogP contribution in [0, 0.1) is 27.4 Å². The highest BCUT2D eigenvalue weighted by atomic mass is 35.5. The smallest absolute Gasteiger partial charge is 0.293 e. The molecule has 2 aliphatic heterocycles. The Balaban J connectivity index is 0.00000300. The Labute approximate surface area is 179 Å². The molecule has 7 nitrogen and oxygen atoms in total. The highest BCUT2D eigenvalue weighted by molar-refractivity contribution is 5.96. The third-order valence-electron chi connectivity index (χ3n) is 6.23. The third kappa shape index (κ3) is 5.01. The van der Waals surface area contributed by atoms with Gasteiger partial charge in [-0.1, -0.05) is 27.7 Å². The van der Waals surface area contributed by atoms with E-state index in [1.54, 1.807) is 17.0 Å². The number of carbonyl (C=O) groups excluding carboxylic acids is 1. The number of nitro groups is 1. The van der Waals surface area contributed by atoms with Gasteiger partial charge in [0, 0.05) is 43.9 Å². The van der Waals surface area contributed by atoms with Crippen LogP contribution in [0.15, 0.2) is 18.2 Å². The van der Waals surface area contributed by atoms with Crippen molar-refractivity contribution in [2.24, 2.45) is 23.0 Å². The maximum absolute atomic E-state index is 13.0. The zero-order valence-electron chi connectivity index (χ0n) is 17.8. The van der Waals surface area contributed by atoms with Gasteiger partial charge in [0.2, 0.25) is 0 Å². The van der Waals surface area contributed by atoms with Crippen molar-refractivity contribution in [3.8, 4) is 0 Å². The molecule has 0 saturated carbocycles. The quantitative estimate of drug-likeness (QED) is 0.589. The number of anilines is 1. The van der Waals surface area contributed by atoms with Crippen LogP contribution in [0.1, 0.15) is 50.9 Å². The number of carbonyl (C=O) groups is 1. The van der Waals surface area contributed by atoms with Crippen LogP contribution in [-0.2, 0) is 0 Å². The van der Waals surface area contributed by atoms with Crippen LogP contribution in [-0.4, -0.2) is 48.0 Å². The van der Waals surface area contributed by atoms with E-state index in [0.29, 0.717) is 36.2 Å². The van der Waals surface area contributed by atoms with E-state index in [0.717, 1.165) is 25.9 Å². The number of piperidine rings is 2. The van der Waals surface area contributed by atoms with E-state index in [9.17, 15) is 14.9 Å². The normalized spacial score (nSPS) is 26.6. The molecule has 0 aliphatic carbocycles. The summed E-state index contributed by atoms with van der Waals surface area (Å²) >= 11 is 0. The number of hydrogen-bond donors (Lipinski definition) is 1. The number of halogens is 1. The van der Waals surface area contributed by atoms with Crippen LogP contribution in [0.4, 0.5) is 11.4 Å². The fraction of sp³-hybridized carbons (Fsp3) is 0.667. The van der Waals surface area contributed by atoms with Crippen molar-refractivity contribution in [3.63, 3.8) is 0 Å². The average Bonchev–Trinajstić information content (AvgIpc) is 2.62. The Morgan fingerprint density at radius 1 is 1.24 bits per heavy atom. The van der Waals surface area contributed by atoms with E-state index in [1.165, 1.54) is 6.07 Å². The van der Waals surface area contributed by atoms with Crippen molar-refractivity contribution >= 4 is 29.7 Å². The van der Waals surface area contributed by atoms with Crippen molar-refractivity contribution in [1.29, 1.82) is 0 Å². The summed E-state index contributed by atoms with van der Waals surface area (Å²) in [5.41, 5.74) is 7.00. The maximum atomic E-state index is 13.0. The zero-order valence-corrected chi connectivity index (χ0v) is 18.6. The van der Waals surface area contributed by atoms with Gasteiger partial charge in [0.25, 0.3) is 11.6 Å². The molecular weight excluding hydrogens is 392 g/mol. The van der Waals surface area contributed by atoms with Crippen molar-refractivity contribution in [2.45, 2.75) is 46.6 Å². The summed E-state index contributed by atoms with van der Waals surface area (Å²) in [7, 11) is 0. The molecule has 2 N–H and O–H groups in total. The molecule has 2 saturated heterocycles. The summed E-state index contributed by atoms with van der Waals surface area (Å²) in [6.45, 7) is 11.2. The molecule has 162 valence electrons. The van der Waals surface area contributed by atoms with Crippen LogP contribution in [0.3, 0.4) is 0 Å². The molecule has 0 spiro atoms. The van der Waals surface area contributed by atoms with E-state index in [-0.39, 0.29) is 40.4 Å². The van der Waals surface area contributed by atoms with Gasteiger partial charge in [-0.2, -0.15) is 0 Å². The van der Waals surface area contributed by atoms with Gasteiger partial charge < -0.3 is 15.5 Å². The molecule has 29 heavy (non-hydrogen) atoms. The second kappa shape index (κ2) is 8.88. The predicted molar refractivity (Wildman–Crippen MR) is 118 cm³/mol. The minimum Gasteiger partial charge on any atom is -0.365 e. The number of amides is 1. The number of benzene rings is 1. The molecule has 2 fully saturated rings. The summed E-state index contributed by atoms with van der Waals surface area (Å²) in [6, 6.07) is 4.98. The lowest BCUT2D eigenvalue weighted by Crippen LogP contribution is -2.54. The molecule has 1 amide bonds. The van der Waals surface area contributed by atoms with E-state index in [2.05, 4.69) is 32.6 Å². The molecule has 1 aromatic carbocycles. The summed E-state index contributed by atoms with van der Waals surface area (Å²) in [6.07, 6.45) is 1.87. The summed E-state index contributed by atoms with van der Waals surface area (Å²) < 4.78 is 0. The lowest BCUT2D eigenvalue weighted by Gasteiger charge is -2.42. The molecule has 0 aromatic heterocycles. The van der Waals surface area contributed by atoms with Gasteiger partial charge in [0.15, 0.2) is 0 Å². The van der Waals surface area contributed by atoms with Gasteiger partial charge in [-0.15, -0.1) is 12.4 Å². The number of nitro benzene ring substituents is 1. The second-order valence-corrected chi connectivity index (χ2v) is 9.42. The Morgan fingerprint density at radius 3 is 2.41 bits per heavy atom. The van der Waals surface area contributed by atoms with Crippen LogP contribution >= 0.6 is 12.4 Å². The van der Waals surface area contributed by atoms with Gasteiger partial charge in [0.05, 0.1) is 4.92 Å². The van der Waals surface area contributed by atoms with E-state index < -0.39 is 0 Å². The second-order valence-electron chi connectivity index (χ2n) is 9.42. The van der Waals surface area contributed by atoms with Crippen LogP contribution < -0.4 is 10.6 Å². The number of nitrogens with zero attached hydrogens (tertiary/aromatic N) is 3. The predicted octanol–water partition coefficient (Wildman–Crippen LogP) is 3.70. The first kappa shape index (κ1) is 23.4. The first-order chi connectivity index (χ1) is 13.1. The van der Waals surface area contributed by atoms with Crippen LogP contribution in [0.25, 0.3) is 0 Å². The minimum absolute atomic E-state index is 0. The van der Waals surface area contributed by atoms with Crippen LogP contribution in [0.5, 0.6) is 0 Å². The Hall–Kier alpha value is -1.86. The van der Waals surface area contributed by atoms with Crippen molar-refractivity contribution in [3.05, 3.63) is 33.9 Å². The molecule has 3 unspecified atom stereocenters. The standard InChI is InChI=1S/C21H32N4O3.ClH/c1-14-9-15(2)12-24(11-14)17-6-5-16(10-18(17)25(27)28)20(26)23-8-7-19(22)21(3,4)13-23;/h5-6,10,14-15,19H,7-9,11-13,22H2,1-4H3;1H. The number of likely N-dealkylation sites (tertiary alicyclic amines) is 1. The van der Waals surface area contributed by atoms with Crippen molar-refractivity contribution in [1.82, 2.24) is 4.90 Å². The largest absolute Gasteiger partial charge is 0.365 e. The Kier molecular flexibility index (Phi) is 7.17. The van der Waals surface area contributed by atoms with Gasteiger partial charge in [-0.25, -0.2) is 0 Å². The highest BCUT2D eigenvalue weighted by Gasteiger charge is 2.36. The fourth-order valence-electron chi connectivity index (χ4n) is 4.66. The third-order valence-corrected chi connectivity index (χ3v) is 6.23. The maximum Gasteiger partial charge on any atom is 0.293 e. The molecule has 8 heteroatoms. The first-order valence-corrected chi connectivity index (χ1v) is 10.2. The van der Waals surface area contributed by atoms with Gasteiger partial charge in [-0.05, 0) is 42.2 Å².